The molecule has 144 valence electrons. The molecule has 0 spiro atoms. The number of hydrogen-bond donors (Lipinski definition) is 1. The molecule has 0 aliphatic carbocycles. The molecule has 3 aromatic rings. The average molecular weight is 376 g/mol. The van der Waals surface area contributed by atoms with Crippen molar-refractivity contribution in [3.8, 4) is 11.3 Å². The molecule has 1 fully saturated rings. The van der Waals surface area contributed by atoms with E-state index >= 15 is 0 Å². The summed E-state index contributed by atoms with van der Waals surface area (Å²) in [6, 6.07) is 18.6. The molecule has 0 unspecified atom stereocenters. The van der Waals surface area contributed by atoms with Crippen LogP contribution < -0.4 is 4.90 Å². The van der Waals surface area contributed by atoms with Gasteiger partial charge in [0.2, 0.25) is 5.95 Å². The third kappa shape index (κ3) is 3.82. The molecule has 2 heterocycles. The van der Waals surface area contributed by atoms with Crippen molar-refractivity contribution in [3.05, 3.63) is 54.6 Å². The van der Waals surface area contributed by atoms with Crippen LogP contribution >= 0.6 is 0 Å². The van der Waals surface area contributed by atoms with Gasteiger partial charge in [0.15, 0.2) is 0 Å². The summed E-state index contributed by atoms with van der Waals surface area (Å²) in [4.78, 5) is 24.8. The first-order valence-electron chi connectivity index (χ1n) is 9.61. The zero-order chi connectivity index (χ0) is 19.5. The van der Waals surface area contributed by atoms with E-state index in [1.807, 2.05) is 48.3 Å². The highest BCUT2D eigenvalue weighted by Crippen LogP contribution is 2.29. The van der Waals surface area contributed by atoms with Crippen LogP contribution in [0.3, 0.4) is 0 Å². The Hall–Kier alpha value is -2.99. The predicted molar refractivity (Wildman–Crippen MR) is 110 cm³/mol. The number of piperidine rings is 1. The molecule has 6 nitrogen and oxygen atoms in total. The second-order valence-corrected chi connectivity index (χ2v) is 7.28. The van der Waals surface area contributed by atoms with Gasteiger partial charge in [-0.05, 0) is 26.0 Å². The maximum Gasteiger partial charge on any atom is 0.317 e. The van der Waals surface area contributed by atoms with Crippen LogP contribution in [0.4, 0.5) is 5.95 Å². The van der Waals surface area contributed by atoms with Crippen LogP contribution in [0.2, 0.25) is 0 Å². The van der Waals surface area contributed by atoms with Crippen LogP contribution in [0.1, 0.15) is 12.8 Å². The molecular weight excluding hydrogens is 352 g/mol. The van der Waals surface area contributed by atoms with Gasteiger partial charge in [0.25, 0.3) is 0 Å². The van der Waals surface area contributed by atoms with Gasteiger partial charge in [-0.1, -0.05) is 48.5 Å². The average Bonchev–Trinajstić information content (AvgIpc) is 2.73. The lowest BCUT2D eigenvalue weighted by Crippen LogP contribution is -2.45. The molecule has 0 radical (unpaired) electrons. The summed E-state index contributed by atoms with van der Waals surface area (Å²) >= 11 is 0. The van der Waals surface area contributed by atoms with Crippen LogP contribution in [-0.2, 0) is 4.79 Å². The highest BCUT2D eigenvalue weighted by molar-refractivity contribution is 5.93. The number of rotatable bonds is 5. The van der Waals surface area contributed by atoms with E-state index in [2.05, 4.69) is 23.1 Å². The van der Waals surface area contributed by atoms with E-state index in [1.165, 1.54) is 0 Å². The maximum atomic E-state index is 11.0. The van der Waals surface area contributed by atoms with E-state index in [9.17, 15) is 4.79 Å². The smallest absolute Gasteiger partial charge is 0.317 e. The van der Waals surface area contributed by atoms with Crippen molar-refractivity contribution < 1.29 is 9.90 Å². The van der Waals surface area contributed by atoms with E-state index < -0.39 is 5.97 Å². The van der Waals surface area contributed by atoms with Crippen LogP contribution in [0.5, 0.6) is 0 Å². The molecule has 1 N–H and O–H groups in total. The van der Waals surface area contributed by atoms with Crippen molar-refractivity contribution in [1.82, 2.24) is 14.9 Å². The number of carboxylic acids is 1. The minimum Gasteiger partial charge on any atom is -0.480 e. The van der Waals surface area contributed by atoms with Crippen molar-refractivity contribution in [2.45, 2.75) is 18.9 Å². The quantitative estimate of drug-likeness (QED) is 0.737. The predicted octanol–water partition coefficient (Wildman–Crippen LogP) is 3.28. The maximum absolute atomic E-state index is 11.0. The first kappa shape index (κ1) is 18.4. The van der Waals surface area contributed by atoms with E-state index in [0.29, 0.717) is 0 Å². The van der Waals surface area contributed by atoms with Crippen LogP contribution in [0, 0.1) is 0 Å². The fraction of sp³-hybridized carbons (Fsp3) is 0.318. The highest BCUT2D eigenvalue weighted by Gasteiger charge is 2.25. The molecule has 1 saturated heterocycles. The number of anilines is 1. The topological polar surface area (TPSA) is 69.6 Å². The lowest BCUT2D eigenvalue weighted by molar-refractivity contribution is -0.138. The number of carboxylic acid groups (broad SMARTS) is 1. The third-order valence-corrected chi connectivity index (χ3v) is 5.39. The summed E-state index contributed by atoms with van der Waals surface area (Å²) < 4.78 is 0. The number of fused-ring (bicyclic) bond motifs is 1. The van der Waals surface area contributed by atoms with E-state index in [1.54, 1.807) is 0 Å². The first-order valence-corrected chi connectivity index (χ1v) is 9.61. The molecular formula is C22H24N4O2. The Kier molecular flexibility index (Phi) is 5.21. The molecule has 1 aromatic heterocycles. The summed E-state index contributed by atoms with van der Waals surface area (Å²) in [7, 11) is 1.88. The Balaban J connectivity index is 1.61. The number of aromatic nitrogens is 2. The van der Waals surface area contributed by atoms with Gasteiger partial charge < -0.3 is 10.0 Å². The van der Waals surface area contributed by atoms with Crippen molar-refractivity contribution in [2.24, 2.45) is 0 Å². The SMILES string of the molecule is CN(CC(=O)O)C1CCN(c2nc(-c3ccccc3)c3ccccc3n2)CC1. The molecule has 6 heteroatoms. The Morgan fingerprint density at radius 3 is 2.46 bits per heavy atom. The monoisotopic (exact) mass is 376 g/mol. The molecule has 0 amide bonds. The largest absolute Gasteiger partial charge is 0.480 e. The highest BCUT2D eigenvalue weighted by atomic mass is 16.4. The molecule has 0 atom stereocenters. The number of likely N-dealkylation sites (N-methyl/N-ethyl adjacent to an activating group) is 1. The summed E-state index contributed by atoms with van der Waals surface area (Å²) in [6.45, 7) is 1.72. The zero-order valence-corrected chi connectivity index (χ0v) is 16.0. The third-order valence-electron chi connectivity index (χ3n) is 5.39. The van der Waals surface area contributed by atoms with Gasteiger partial charge in [0.1, 0.15) is 0 Å². The fourth-order valence-electron chi connectivity index (χ4n) is 3.87. The van der Waals surface area contributed by atoms with Crippen LogP contribution in [0.25, 0.3) is 22.2 Å². The Bertz CT molecular complexity index is 969. The van der Waals surface area contributed by atoms with Gasteiger partial charge in [0, 0.05) is 30.1 Å². The molecule has 2 aromatic carbocycles. The molecule has 1 aliphatic heterocycles. The minimum absolute atomic E-state index is 0.0787. The second-order valence-electron chi connectivity index (χ2n) is 7.28. The first-order chi connectivity index (χ1) is 13.6. The second kappa shape index (κ2) is 7.94. The van der Waals surface area contributed by atoms with Gasteiger partial charge in [-0.2, -0.15) is 0 Å². The summed E-state index contributed by atoms with van der Waals surface area (Å²) in [5.41, 5.74) is 2.97. The number of nitrogens with zero attached hydrogens (tertiary/aromatic N) is 4. The van der Waals surface area contributed by atoms with Crippen LogP contribution in [-0.4, -0.2) is 58.7 Å². The number of aliphatic carboxylic acids is 1. The molecule has 28 heavy (non-hydrogen) atoms. The van der Waals surface area contributed by atoms with Gasteiger partial charge in [-0.25, -0.2) is 9.97 Å². The van der Waals surface area contributed by atoms with E-state index in [0.717, 1.165) is 54.0 Å². The van der Waals surface area contributed by atoms with Gasteiger partial charge in [-0.3, -0.25) is 9.69 Å². The molecule has 0 saturated carbocycles. The van der Waals surface area contributed by atoms with Crippen molar-refractivity contribution in [2.75, 3.05) is 31.6 Å². The van der Waals surface area contributed by atoms with Gasteiger partial charge >= 0.3 is 5.97 Å². The van der Waals surface area contributed by atoms with E-state index in [4.69, 9.17) is 15.1 Å². The zero-order valence-electron chi connectivity index (χ0n) is 16.0. The van der Waals surface area contributed by atoms with Crippen molar-refractivity contribution in [3.63, 3.8) is 0 Å². The van der Waals surface area contributed by atoms with E-state index in [-0.39, 0.29) is 12.6 Å². The number of hydrogen-bond acceptors (Lipinski definition) is 5. The lowest BCUT2D eigenvalue weighted by Gasteiger charge is -2.36. The van der Waals surface area contributed by atoms with Crippen molar-refractivity contribution in [1.29, 1.82) is 0 Å². The molecule has 1 aliphatic rings. The summed E-state index contributed by atoms with van der Waals surface area (Å²) in [5, 5.41) is 10.1. The van der Waals surface area contributed by atoms with Crippen molar-refractivity contribution >= 4 is 22.8 Å². The minimum atomic E-state index is -0.782. The summed E-state index contributed by atoms with van der Waals surface area (Å²) in [5.74, 6) is -0.0350. The lowest BCUT2D eigenvalue weighted by atomic mass is 10.0. The Morgan fingerprint density at radius 2 is 1.75 bits per heavy atom. The van der Waals surface area contributed by atoms with Gasteiger partial charge in [0.05, 0.1) is 17.8 Å². The van der Waals surface area contributed by atoms with Gasteiger partial charge in [-0.15, -0.1) is 0 Å². The molecule has 0 bridgehead atoms. The fourth-order valence-corrected chi connectivity index (χ4v) is 3.87. The van der Waals surface area contributed by atoms with Crippen LogP contribution in [0.15, 0.2) is 54.6 Å². The molecule has 4 rings (SSSR count). The Labute approximate surface area is 164 Å². The number of benzene rings is 2. The Morgan fingerprint density at radius 1 is 1.07 bits per heavy atom. The number of para-hydroxylation sites is 1. The number of carbonyl (C=O) groups is 1. The summed E-state index contributed by atoms with van der Waals surface area (Å²) in [6.07, 6.45) is 1.81. The standard InChI is InChI=1S/C22H24N4O2/c1-25(15-20(27)28)17-11-13-26(14-12-17)22-23-19-10-6-5-9-18(19)21(24-22)16-7-3-2-4-8-16/h2-10,17H,11-15H2,1H3,(H,27,28). The normalized spacial score (nSPS) is 15.3.